The molecule has 0 rings (SSSR count). The fraction of sp³-hybridized carbons (Fsp3) is 0.783. The second kappa shape index (κ2) is 59.3. The first kappa shape index (κ1) is 75.7. The number of allylic oxidation sites excluding steroid dienone is 14. The van der Waals surface area contributed by atoms with Crippen molar-refractivity contribution in [2.75, 3.05) is 40.9 Å². The van der Waals surface area contributed by atoms with Crippen molar-refractivity contribution in [3.63, 3.8) is 0 Å². The third-order valence-electron chi connectivity index (χ3n) is 14.7. The monoisotopic (exact) mass is 1110 g/mol. The molecule has 0 saturated carbocycles. The summed E-state index contributed by atoms with van der Waals surface area (Å²) < 4.78 is 23.9. The summed E-state index contributed by atoms with van der Waals surface area (Å²) in [5, 5.41) is 14.1. The summed E-state index contributed by atoms with van der Waals surface area (Å²) in [6.45, 7) is 4.80. The quantitative estimate of drug-likeness (QED) is 0.0243. The third-order valence-corrected chi connectivity index (χ3v) is 15.6. The van der Waals surface area contributed by atoms with Crippen molar-refractivity contribution in [3.05, 3.63) is 85.1 Å². The van der Waals surface area contributed by atoms with E-state index in [0.717, 1.165) is 83.5 Å². The summed E-state index contributed by atoms with van der Waals surface area (Å²) in [6, 6.07) is -0.768. The normalized spacial score (nSPS) is 14.3. The maximum absolute atomic E-state index is 13.1. The summed E-state index contributed by atoms with van der Waals surface area (Å²) in [5.41, 5.74) is 0. The first-order valence-electron chi connectivity index (χ1n) is 33.0. The van der Waals surface area contributed by atoms with Gasteiger partial charge in [0, 0.05) is 6.42 Å². The van der Waals surface area contributed by atoms with Gasteiger partial charge in [0.1, 0.15) is 13.2 Å². The average Bonchev–Trinajstić information content (AvgIpc) is 3.41. The number of nitrogens with zero attached hydrogens (tertiary/aromatic N) is 1. The number of nitrogens with one attached hydrogen (secondary N) is 1. The molecule has 3 N–H and O–H groups in total. The second-order valence-electron chi connectivity index (χ2n) is 23.5. The fourth-order valence-corrected chi connectivity index (χ4v) is 10.3. The molecule has 9 heteroatoms. The van der Waals surface area contributed by atoms with Crippen LogP contribution in [0.5, 0.6) is 0 Å². The molecule has 0 radical (unpaired) electrons. The minimum atomic E-state index is -4.33. The molecule has 0 spiro atoms. The lowest BCUT2D eigenvalue weighted by Gasteiger charge is -2.26. The maximum atomic E-state index is 13.1. The van der Waals surface area contributed by atoms with Crippen molar-refractivity contribution < 1.29 is 32.9 Å². The maximum Gasteiger partial charge on any atom is 0.472 e. The van der Waals surface area contributed by atoms with E-state index in [1.54, 1.807) is 0 Å². The predicted octanol–water partition coefficient (Wildman–Crippen LogP) is 20.8. The van der Waals surface area contributed by atoms with E-state index in [9.17, 15) is 19.4 Å². The van der Waals surface area contributed by atoms with E-state index in [2.05, 4.69) is 104 Å². The molecule has 0 saturated heterocycles. The molecule has 3 unspecified atom stereocenters. The Kier molecular flexibility index (Phi) is 57.5. The van der Waals surface area contributed by atoms with Gasteiger partial charge >= 0.3 is 7.82 Å². The zero-order valence-corrected chi connectivity index (χ0v) is 52.8. The Morgan fingerprint density at radius 2 is 0.769 bits per heavy atom. The van der Waals surface area contributed by atoms with Crippen molar-refractivity contribution >= 4 is 13.7 Å². The van der Waals surface area contributed by atoms with Gasteiger partial charge in [-0.3, -0.25) is 13.8 Å². The van der Waals surface area contributed by atoms with Crippen molar-refractivity contribution in [1.82, 2.24) is 5.32 Å². The number of aliphatic hydroxyl groups excluding tert-OH is 1. The summed E-state index contributed by atoms with van der Waals surface area (Å²) in [6.07, 6.45) is 83.7. The SMILES string of the molecule is CC/C=C\C/C=C\C/C=C\C/C=C\C/C=C\C/C=C\C/C=C\CCCCCCCCCCCCCC(=O)NC(COP(=O)(O)OCC[N+](C)(C)C)C(O)CCCCCCCCCCCCCCCCCCCCCCCCC. The predicted molar refractivity (Wildman–Crippen MR) is 341 cm³/mol. The number of quaternary nitrogens is 1. The number of carbonyl (C=O) groups excluding carboxylic acids is 1. The van der Waals surface area contributed by atoms with E-state index in [-0.39, 0.29) is 19.1 Å². The molecule has 3 atom stereocenters. The average molecular weight is 1110 g/mol. The number of aliphatic hydroxyl groups is 1. The van der Waals surface area contributed by atoms with E-state index in [1.165, 1.54) is 186 Å². The number of hydrogen-bond acceptors (Lipinski definition) is 5. The molecule has 0 bridgehead atoms. The number of amides is 1. The van der Waals surface area contributed by atoms with Gasteiger partial charge in [-0.1, -0.05) is 304 Å². The highest BCUT2D eigenvalue weighted by Crippen LogP contribution is 2.43. The van der Waals surface area contributed by atoms with Gasteiger partial charge in [-0.2, -0.15) is 0 Å². The van der Waals surface area contributed by atoms with Crippen LogP contribution in [0.4, 0.5) is 0 Å². The van der Waals surface area contributed by atoms with Crippen LogP contribution in [-0.2, 0) is 18.4 Å². The van der Waals surface area contributed by atoms with Gasteiger partial charge in [-0.15, -0.1) is 0 Å². The van der Waals surface area contributed by atoms with Gasteiger partial charge in [0.05, 0.1) is 39.9 Å². The molecule has 8 nitrogen and oxygen atoms in total. The molecule has 0 aromatic carbocycles. The number of hydrogen-bond donors (Lipinski definition) is 3. The Balaban J connectivity index is 4.11. The van der Waals surface area contributed by atoms with Crippen LogP contribution in [0.15, 0.2) is 85.1 Å². The zero-order chi connectivity index (χ0) is 57.0. The summed E-state index contributed by atoms with van der Waals surface area (Å²) in [7, 11) is 1.61. The molecule has 1 amide bonds. The molecule has 0 aliphatic carbocycles. The number of unbranched alkanes of at least 4 members (excludes halogenated alkanes) is 33. The van der Waals surface area contributed by atoms with Crippen LogP contribution < -0.4 is 5.32 Å². The molecule has 0 heterocycles. The first-order chi connectivity index (χ1) is 38.0. The van der Waals surface area contributed by atoms with Crippen LogP contribution in [-0.4, -0.2) is 73.4 Å². The highest BCUT2D eigenvalue weighted by atomic mass is 31.2. The molecule has 78 heavy (non-hydrogen) atoms. The lowest BCUT2D eigenvalue weighted by atomic mass is 10.0. The molecule has 0 aromatic rings. The number of likely N-dealkylation sites (N-methyl/N-ethyl adjacent to an activating group) is 1. The Bertz CT molecular complexity index is 1550. The van der Waals surface area contributed by atoms with Gasteiger partial charge < -0.3 is 19.8 Å². The number of rotatable bonds is 60. The van der Waals surface area contributed by atoms with Crippen LogP contribution in [0.2, 0.25) is 0 Å². The van der Waals surface area contributed by atoms with Gasteiger partial charge in [-0.05, 0) is 70.6 Å². The van der Waals surface area contributed by atoms with E-state index >= 15 is 0 Å². The molecular formula is C69H128N2O6P+. The fourth-order valence-electron chi connectivity index (χ4n) is 9.56. The Labute approximate surface area is 484 Å². The van der Waals surface area contributed by atoms with E-state index in [4.69, 9.17) is 9.05 Å². The Morgan fingerprint density at radius 1 is 0.449 bits per heavy atom. The molecular weight excluding hydrogens is 984 g/mol. The minimum Gasteiger partial charge on any atom is -0.391 e. The first-order valence-corrected chi connectivity index (χ1v) is 34.4. The lowest BCUT2D eigenvalue weighted by molar-refractivity contribution is -0.870. The van der Waals surface area contributed by atoms with Crippen molar-refractivity contribution in [1.29, 1.82) is 0 Å². The number of carbonyl (C=O) groups is 1. The summed E-state index contributed by atoms with van der Waals surface area (Å²) in [5.74, 6) is -0.147. The zero-order valence-electron chi connectivity index (χ0n) is 51.9. The molecule has 0 aliphatic rings. The lowest BCUT2D eigenvalue weighted by Crippen LogP contribution is -2.46. The standard InChI is InChI=1S/C69H127N2O6P/c1-6-8-10-12-14-16-18-20-22-24-26-28-30-31-32-33-34-35-36-37-38-39-41-43-45-47-49-51-53-55-57-59-61-63-69(73)70-67(66-77-78(74,75)76-65-64-71(3,4)5)68(72)62-60-58-56-54-52-50-48-46-44-42-40-29-27-25-23-21-19-17-15-13-11-9-7-2/h8,10,14,16,20,22,26,28,31-32,34-35,37-38,67-68,72H,6-7,9,11-13,15,17-19,21,23-25,27,29-30,33,36,39-66H2,1-5H3,(H-,70,73,74,75)/p+1/b10-8-,16-14-,22-20-,28-26-,32-31-,35-34-,38-37-. The minimum absolute atomic E-state index is 0.0715. The second-order valence-corrected chi connectivity index (χ2v) is 24.9. The highest BCUT2D eigenvalue weighted by Gasteiger charge is 2.28. The smallest absolute Gasteiger partial charge is 0.391 e. The number of phosphoric ester groups is 1. The van der Waals surface area contributed by atoms with Gasteiger partial charge in [0.2, 0.25) is 5.91 Å². The largest absolute Gasteiger partial charge is 0.472 e. The third kappa shape index (κ3) is 61.3. The number of phosphoric acid groups is 1. The van der Waals surface area contributed by atoms with E-state index in [1.807, 2.05) is 21.1 Å². The summed E-state index contributed by atoms with van der Waals surface area (Å²) >= 11 is 0. The van der Waals surface area contributed by atoms with Crippen LogP contribution in [0.3, 0.4) is 0 Å². The Morgan fingerprint density at radius 3 is 1.13 bits per heavy atom. The topological polar surface area (TPSA) is 105 Å². The van der Waals surface area contributed by atoms with E-state index < -0.39 is 20.0 Å². The van der Waals surface area contributed by atoms with Crippen molar-refractivity contribution in [2.45, 2.75) is 309 Å². The summed E-state index contributed by atoms with van der Waals surface area (Å²) in [4.78, 5) is 23.4. The molecule has 0 fully saturated rings. The van der Waals surface area contributed by atoms with Crippen molar-refractivity contribution in [2.24, 2.45) is 0 Å². The Hall–Kier alpha value is -2.32. The van der Waals surface area contributed by atoms with Gasteiger partial charge in [0.25, 0.3) is 0 Å². The van der Waals surface area contributed by atoms with Crippen molar-refractivity contribution in [3.8, 4) is 0 Å². The molecule has 0 aliphatic heterocycles. The highest BCUT2D eigenvalue weighted by molar-refractivity contribution is 7.47. The molecule has 0 aromatic heterocycles. The van der Waals surface area contributed by atoms with Crippen LogP contribution >= 0.6 is 7.82 Å². The van der Waals surface area contributed by atoms with Crippen LogP contribution in [0.1, 0.15) is 296 Å². The van der Waals surface area contributed by atoms with E-state index in [0.29, 0.717) is 23.9 Å². The molecule has 454 valence electrons. The van der Waals surface area contributed by atoms with Crippen LogP contribution in [0.25, 0.3) is 0 Å². The van der Waals surface area contributed by atoms with Gasteiger partial charge in [-0.25, -0.2) is 4.57 Å². The van der Waals surface area contributed by atoms with Crippen LogP contribution in [0, 0.1) is 0 Å². The van der Waals surface area contributed by atoms with Gasteiger partial charge in [0.15, 0.2) is 0 Å².